The van der Waals surface area contributed by atoms with Crippen LogP contribution in [0.5, 0.6) is 0 Å². The molecular formula is C19H16N4O6S2. The predicted octanol–water partition coefficient (Wildman–Crippen LogP) is 2.47. The standard InChI is InChI=1S/C19H16N4O6S2/c24-14(5-6-15(25)26)22-18-20-9-12(30-18)8-13-17(29)23-19(31-13)21-11-3-1-10(2-4-11)7-16(27)28/h1-4,8-9H,5-7H2,(H,25,26)(H,27,28)(H,20,22,24)(H,21,23,29)/b13-8-. The zero-order valence-electron chi connectivity index (χ0n) is 15.8. The number of benzene rings is 1. The molecule has 1 fully saturated rings. The van der Waals surface area contributed by atoms with Gasteiger partial charge in [-0.15, -0.1) is 0 Å². The van der Waals surface area contributed by atoms with Gasteiger partial charge in [0.05, 0.1) is 28.3 Å². The van der Waals surface area contributed by atoms with Crippen LogP contribution >= 0.6 is 23.1 Å². The molecule has 160 valence electrons. The van der Waals surface area contributed by atoms with Crippen LogP contribution in [0.2, 0.25) is 0 Å². The van der Waals surface area contributed by atoms with Crippen molar-refractivity contribution in [3.05, 3.63) is 45.8 Å². The number of amides is 2. The van der Waals surface area contributed by atoms with E-state index in [0.717, 1.165) is 23.1 Å². The Bertz CT molecular complexity index is 1090. The molecule has 0 saturated carbocycles. The molecular weight excluding hydrogens is 444 g/mol. The quantitative estimate of drug-likeness (QED) is 0.437. The average molecular weight is 460 g/mol. The highest BCUT2D eigenvalue weighted by atomic mass is 32.2. The van der Waals surface area contributed by atoms with Gasteiger partial charge < -0.3 is 20.8 Å². The van der Waals surface area contributed by atoms with Crippen molar-refractivity contribution in [3.8, 4) is 0 Å². The molecule has 1 aliphatic rings. The number of anilines is 1. The van der Waals surface area contributed by atoms with Crippen LogP contribution in [-0.2, 0) is 25.6 Å². The van der Waals surface area contributed by atoms with Crippen molar-refractivity contribution < 1.29 is 29.4 Å². The first-order valence-corrected chi connectivity index (χ1v) is 10.5. The van der Waals surface area contributed by atoms with Crippen LogP contribution in [0.4, 0.5) is 10.8 Å². The third kappa shape index (κ3) is 6.76. The number of nitrogens with zero attached hydrogens (tertiary/aromatic N) is 2. The minimum absolute atomic E-state index is 0.0773. The Morgan fingerprint density at radius 1 is 1.13 bits per heavy atom. The number of thiazole rings is 1. The number of nitrogens with one attached hydrogen (secondary N) is 2. The van der Waals surface area contributed by atoms with E-state index in [1.165, 1.54) is 6.20 Å². The van der Waals surface area contributed by atoms with E-state index < -0.39 is 17.8 Å². The van der Waals surface area contributed by atoms with E-state index in [1.54, 1.807) is 30.3 Å². The van der Waals surface area contributed by atoms with Gasteiger partial charge in [-0.2, -0.15) is 0 Å². The van der Waals surface area contributed by atoms with Crippen molar-refractivity contribution in [1.82, 2.24) is 10.3 Å². The molecule has 31 heavy (non-hydrogen) atoms. The van der Waals surface area contributed by atoms with E-state index in [-0.39, 0.29) is 25.2 Å². The van der Waals surface area contributed by atoms with Crippen molar-refractivity contribution in [2.24, 2.45) is 4.99 Å². The smallest absolute Gasteiger partial charge is 0.307 e. The summed E-state index contributed by atoms with van der Waals surface area (Å²) in [6, 6.07) is 6.66. The van der Waals surface area contributed by atoms with Crippen molar-refractivity contribution in [1.29, 1.82) is 0 Å². The Morgan fingerprint density at radius 3 is 2.55 bits per heavy atom. The van der Waals surface area contributed by atoms with Crippen molar-refractivity contribution in [2.45, 2.75) is 19.3 Å². The number of aromatic nitrogens is 1. The molecule has 1 aromatic heterocycles. The highest BCUT2D eigenvalue weighted by molar-refractivity contribution is 8.18. The Balaban J connectivity index is 1.63. The Hall–Kier alpha value is -3.51. The number of aliphatic carboxylic acids is 2. The van der Waals surface area contributed by atoms with Gasteiger partial charge in [0.15, 0.2) is 10.3 Å². The highest BCUT2D eigenvalue weighted by Crippen LogP contribution is 2.30. The molecule has 0 atom stereocenters. The van der Waals surface area contributed by atoms with Gasteiger partial charge in [0, 0.05) is 12.6 Å². The van der Waals surface area contributed by atoms with Gasteiger partial charge in [-0.1, -0.05) is 23.5 Å². The molecule has 2 heterocycles. The summed E-state index contributed by atoms with van der Waals surface area (Å²) in [5.74, 6) is -2.75. The minimum atomic E-state index is -1.06. The Kier molecular flexibility index (Phi) is 7.15. The second-order valence-electron chi connectivity index (χ2n) is 6.23. The number of rotatable bonds is 8. The molecule has 0 aliphatic carbocycles. The second-order valence-corrected chi connectivity index (χ2v) is 8.32. The van der Waals surface area contributed by atoms with Crippen LogP contribution < -0.4 is 10.6 Å². The van der Waals surface area contributed by atoms with E-state index >= 15 is 0 Å². The van der Waals surface area contributed by atoms with Gasteiger partial charge in [-0.05, 0) is 35.5 Å². The molecule has 4 N–H and O–H groups in total. The molecule has 1 saturated heterocycles. The van der Waals surface area contributed by atoms with Crippen molar-refractivity contribution >= 4 is 68.9 Å². The molecule has 10 nitrogen and oxygen atoms in total. The zero-order chi connectivity index (χ0) is 22.4. The maximum atomic E-state index is 12.2. The first-order chi connectivity index (χ1) is 14.8. The van der Waals surface area contributed by atoms with Gasteiger partial charge in [-0.3, -0.25) is 19.2 Å². The highest BCUT2D eigenvalue weighted by Gasteiger charge is 2.24. The minimum Gasteiger partial charge on any atom is -0.481 e. The van der Waals surface area contributed by atoms with Crippen LogP contribution in [0.3, 0.4) is 0 Å². The topological polar surface area (TPSA) is 158 Å². The van der Waals surface area contributed by atoms with Gasteiger partial charge in [-0.25, -0.2) is 9.98 Å². The molecule has 0 radical (unpaired) electrons. The number of hydrogen-bond donors (Lipinski definition) is 4. The predicted molar refractivity (Wildman–Crippen MR) is 116 cm³/mol. The molecule has 2 aromatic rings. The van der Waals surface area contributed by atoms with Gasteiger partial charge in [0.1, 0.15) is 0 Å². The lowest BCUT2D eigenvalue weighted by Crippen LogP contribution is -2.19. The summed E-state index contributed by atoms with van der Waals surface area (Å²) in [6.45, 7) is 0. The fourth-order valence-corrected chi connectivity index (χ4v) is 4.09. The average Bonchev–Trinajstić information content (AvgIpc) is 3.27. The van der Waals surface area contributed by atoms with Crippen molar-refractivity contribution in [3.63, 3.8) is 0 Å². The van der Waals surface area contributed by atoms with Crippen LogP contribution in [0.25, 0.3) is 6.08 Å². The van der Waals surface area contributed by atoms with Gasteiger partial charge >= 0.3 is 11.9 Å². The summed E-state index contributed by atoms with van der Waals surface area (Å²) in [7, 11) is 0. The van der Waals surface area contributed by atoms with E-state index in [0.29, 0.717) is 31.3 Å². The summed E-state index contributed by atoms with van der Waals surface area (Å²) in [5.41, 5.74) is 1.22. The Labute approximate surface area is 184 Å². The van der Waals surface area contributed by atoms with E-state index in [2.05, 4.69) is 20.6 Å². The third-order valence-electron chi connectivity index (χ3n) is 3.78. The zero-order valence-corrected chi connectivity index (χ0v) is 17.5. The summed E-state index contributed by atoms with van der Waals surface area (Å²) in [5, 5.41) is 23.3. The van der Waals surface area contributed by atoms with Gasteiger partial charge in [0.2, 0.25) is 5.91 Å². The van der Waals surface area contributed by atoms with Crippen LogP contribution in [0.15, 0.2) is 40.4 Å². The number of carbonyl (C=O) groups is 4. The van der Waals surface area contributed by atoms with Crippen LogP contribution in [0, 0.1) is 0 Å². The number of carboxylic acids is 2. The van der Waals surface area contributed by atoms with E-state index in [9.17, 15) is 19.2 Å². The number of hydrogen-bond acceptors (Lipinski definition) is 8. The third-order valence-corrected chi connectivity index (χ3v) is 5.55. The monoisotopic (exact) mass is 460 g/mol. The number of aliphatic imine (C=N–C) groups is 1. The van der Waals surface area contributed by atoms with Crippen LogP contribution in [-0.4, -0.2) is 44.1 Å². The summed E-state index contributed by atoms with van der Waals surface area (Å²) < 4.78 is 0. The lowest BCUT2D eigenvalue weighted by molar-refractivity contribution is -0.138. The number of carboxylic acid groups (broad SMARTS) is 2. The van der Waals surface area contributed by atoms with E-state index in [4.69, 9.17) is 10.2 Å². The van der Waals surface area contributed by atoms with Crippen molar-refractivity contribution in [2.75, 3.05) is 5.32 Å². The van der Waals surface area contributed by atoms with Crippen LogP contribution in [0.1, 0.15) is 23.3 Å². The number of carbonyl (C=O) groups excluding carboxylic acids is 2. The molecule has 12 heteroatoms. The summed E-state index contributed by atoms with van der Waals surface area (Å²) in [4.78, 5) is 54.5. The molecule has 3 rings (SSSR count). The maximum Gasteiger partial charge on any atom is 0.307 e. The summed E-state index contributed by atoms with van der Waals surface area (Å²) in [6.07, 6.45) is 2.61. The Morgan fingerprint density at radius 2 is 1.87 bits per heavy atom. The fourth-order valence-electron chi connectivity index (χ4n) is 2.40. The first-order valence-electron chi connectivity index (χ1n) is 8.86. The fraction of sp³-hybridized carbons (Fsp3) is 0.158. The maximum absolute atomic E-state index is 12.2. The second kappa shape index (κ2) is 10.00. The first kappa shape index (κ1) is 22.2. The number of thioether (sulfide) groups is 1. The molecule has 2 amide bonds. The normalized spacial score (nSPS) is 15.8. The molecule has 1 aliphatic heterocycles. The molecule has 0 spiro atoms. The lowest BCUT2D eigenvalue weighted by Gasteiger charge is -1.99. The van der Waals surface area contributed by atoms with Gasteiger partial charge in [0.25, 0.3) is 5.91 Å². The SMILES string of the molecule is O=C(O)CCC(=O)Nc1ncc(/C=C2\S/C(=N\c3ccc(CC(=O)O)cc3)NC2=O)s1. The largest absolute Gasteiger partial charge is 0.481 e. The summed E-state index contributed by atoms with van der Waals surface area (Å²) >= 11 is 2.29. The molecule has 0 bridgehead atoms. The number of amidine groups is 1. The lowest BCUT2D eigenvalue weighted by atomic mass is 10.1. The van der Waals surface area contributed by atoms with E-state index in [1.807, 2.05) is 0 Å². The molecule has 0 unspecified atom stereocenters. The molecule has 1 aromatic carbocycles.